The Balaban J connectivity index is 2.45. The molecule has 4 nitrogen and oxygen atoms in total. The average Bonchev–Trinajstić information content (AvgIpc) is 2.30. The van der Waals surface area contributed by atoms with Gasteiger partial charge in [0.15, 0.2) is 0 Å². The fraction of sp³-hybridized carbons (Fsp3) is 0.500. The highest BCUT2D eigenvalue weighted by atomic mass is 16.1. The molecule has 16 heavy (non-hydrogen) atoms. The van der Waals surface area contributed by atoms with E-state index in [4.69, 9.17) is 5.73 Å². The lowest BCUT2D eigenvalue weighted by atomic mass is 10.1. The third-order valence-corrected chi connectivity index (χ3v) is 2.59. The molecule has 0 radical (unpaired) electrons. The molecule has 1 atom stereocenters. The number of hydrogen-bond acceptors (Lipinski definition) is 3. The molecule has 1 unspecified atom stereocenters. The van der Waals surface area contributed by atoms with E-state index in [-0.39, 0.29) is 11.8 Å². The number of nitrogens with one attached hydrogen (secondary N) is 1. The van der Waals surface area contributed by atoms with Gasteiger partial charge in [-0.2, -0.15) is 0 Å². The summed E-state index contributed by atoms with van der Waals surface area (Å²) in [5.74, 6) is -0.0658. The van der Waals surface area contributed by atoms with Gasteiger partial charge in [-0.3, -0.25) is 9.78 Å². The van der Waals surface area contributed by atoms with Crippen LogP contribution in [0.25, 0.3) is 0 Å². The van der Waals surface area contributed by atoms with Gasteiger partial charge in [0.1, 0.15) is 0 Å². The second kappa shape index (κ2) is 6.23. The van der Waals surface area contributed by atoms with Gasteiger partial charge in [-0.1, -0.05) is 13.0 Å². The molecule has 0 spiro atoms. The summed E-state index contributed by atoms with van der Waals surface area (Å²) in [5.41, 5.74) is 7.48. The largest absolute Gasteiger partial charge is 0.352 e. The number of rotatable bonds is 5. The standard InChI is InChI=1S/C12H19N3O/c1-3-11(6-13)12(16)15-8-10-5-4-9(2)14-7-10/h4-5,7,11H,3,6,8,13H2,1-2H3,(H,15,16). The predicted octanol–water partition coefficient (Wildman–Crippen LogP) is 0.991. The molecule has 1 heterocycles. The van der Waals surface area contributed by atoms with Gasteiger partial charge in [0.05, 0.1) is 0 Å². The summed E-state index contributed by atoms with van der Waals surface area (Å²) in [6.07, 6.45) is 2.55. The lowest BCUT2D eigenvalue weighted by molar-refractivity contribution is -0.124. The fourth-order valence-corrected chi connectivity index (χ4v) is 1.40. The summed E-state index contributed by atoms with van der Waals surface area (Å²) in [6, 6.07) is 3.90. The second-order valence-corrected chi connectivity index (χ2v) is 3.87. The predicted molar refractivity (Wildman–Crippen MR) is 63.7 cm³/mol. The molecule has 1 aromatic rings. The molecule has 0 aliphatic carbocycles. The van der Waals surface area contributed by atoms with Crippen molar-refractivity contribution < 1.29 is 4.79 Å². The van der Waals surface area contributed by atoms with Crippen molar-refractivity contribution in [2.45, 2.75) is 26.8 Å². The Labute approximate surface area is 96.3 Å². The Bertz CT molecular complexity index is 331. The van der Waals surface area contributed by atoms with E-state index < -0.39 is 0 Å². The van der Waals surface area contributed by atoms with Crippen molar-refractivity contribution in [3.05, 3.63) is 29.6 Å². The first-order chi connectivity index (χ1) is 7.67. The van der Waals surface area contributed by atoms with Gasteiger partial charge in [0.2, 0.25) is 5.91 Å². The number of aryl methyl sites for hydroxylation is 1. The number of nitrogens with zero attached hydrogens (tertiary/aromatic N) is 1. The minimum absolute atomic E-state index is 0.0191. The number of aromatic nitrogens is 1. The zero-order valence-electron chi connectivity index (χ0n) is 9.86. The summed E-state index contributed by atoms with van der Waals surface area (Å²) >= 11 is 0. The van der Waals surface area contributed by atoms with Crippen molar-refractivity contribution >= 4 is 5.91 Å². The monoisotopic (exact) mass is 221 g/mol. The third-order valence-electron chi connectivity index (χ3n) is 2.59. The van der Waals surface area contributed by atoms with Crippen molar-refractivity contribution in [1.82, 2.24) is 10.3 Å². The Kier molecular flexibility index (Phi) is 4.92. The van der Waals surface area contributed by atoms with E-state index >= 15 is 0 Å². The van der Waals surface area contributed by atoms with Gasteiger partial charge in [-0.15, -0.1) is 0 Å². The van der Waals surface area contributed by atoms with Crippen LogP contribution in [0.2, 0.25) is 0 Å². The van der Waals surface area contributed by atoms with E-state index in [1.54, 1.807) is 6.20 Å². The maximum absolute atomic E-state index is 11.6. The van der Waals surface area contributed by atoms with Gasteiger partial charge >= 0.3 is 0 Å². The fourth-order valence-electron chi connectivity index (χ4n) is 1.40. The first-order valence-electron chi connectivity index (χ1n) is 5.56. The van der Waals surface area contributed by atoms with Crippen LogP contribution in [0, 0.1) is 12.8 Å². The second-order valence-electron chi connectivity index (χ2n) is 3.87. The van der Waals surface area contributed by atoms with E-state index in [1.165, 1.54) is 0 Å². The average molecular weight is 221 g/mol. The molecule has 0 saturated carbocycles. The number of pyridine rings is 1. The van der Waals surface area contributed by atoms with Crippen LogP contribution in [-0.4, -0.2) is 17.4 Å². The highest BCUT2D eigenvalue weighted by Gasteiger charge is 2.13. The van der Waals surface area contributed by atoms with Crippen molar-refractivity contribution in [3.8, 4) is 0 Å². The molecule has 0 saturated heterocycles. The highest BCUT2D eigenvalue weighted by molar-refractivity contribution is 5.78. The molecule has 0 aromatic carbocycles. The van der Waals surface area contributed by atoms with Crippen molar-refractivity contribution in [3.63, 3.8) is 0 Å². The van der Waals surface area contributed by atoms with Gasteiger partial charge in [-0.25, -0.2) is 0 Å². The van der Waals surface area contributed by atoms with Gasteiger partial charge in [0.25, 0.3) is 0 Å². The van der Waals surface area contributed by atoms with Crippen LogP contribution in [0.5, 0.6) is 0 Å². The summed E-state index contributed by atoms with van der Waals surface area (Å²) in [4.78, 5) is 15.8. The summed E-state index contributed by atoms with van der Waals surface area (Å²) in [6.45, 7) is 4.81. The molecule has 1 aromatic heterocycles. The Hall–Kier alpha value is -1.42. The van der Waals surface area contributed by atoms with Crippen LogP contribution in [0.4, 0.5) is 0 Å². The van der Waals surface area contributed by atoms with Crippen LogP contribution in [0.3, 0.4) is 0 Å². The van der Waals surface area contributed by atoms with E-state index in [0.29, 0.717) is 13.1 Å². The summed E-state index contributed by atoms with van der Waals surface area (Å²) in [7, 11) is 0. The van der Waals surface area contributed by atoms with Crippen LogP contribution >= 0.6 is 0 Å². The Morgan fingerprint density at radius 1 is 1.56 bits per heavy atom. The van der Waals surface area contributed by atoms with Crippen LogP contribution < -0.4 is 11.1 Å². The SMILES string of the molecule is CCC(CN)C(=O)NCc1ccc(C)nc1. The van der Waals surface area contributed by atoms with E-state index in [0.717, 1.165) is 17.7 Å². The molecule has 0 bridgehead atoms. The number of carbonyl (C=O) groups is 1. The smallest absolute Gasteiger partial charge is 0.224 e. The maximum Gasteiger partial charge on any atom is 0.224 e. The van der Waals surface area contributed by atoms with Crippen LogP contribution in [-0.2, 0) is 11.3 Å². The van der Waals surface area contributed by atoms with Crippen molar-refractivity contribution in [2.24, 2.45) is 11.7 Å². The molecule has 88 valence electrons. The Morgan fingerprint density at radius 2 is 2.31 bits per heavy atom. The number of hydrogen-bond donors (Lipinski definition) is 2. The van der Waals surface area contributed by atoms with Gasteiger partial charge in [-0.05, 0) is 25.0 Å². The lowest BCUT2D eigenvalue weighted by Gasteiger charge is -2.12. The van der Waals surface area contributed by atoms with Gasteiger partial charge in [0, 0.05) is 30.9 Å². The first kappa shape index (κ1) is 12.6. The van der Waals surface area contributed by atoms with Crippen LogP contribution in [0.15, 0.2) is 18.3 Å². The molecule has 4 heteroatoms. The summed E-state index contributed by atoms with van der Waals surface area (Å²) in [5, 5.41) is 2.86. The highest BCUT2D eigenvalue weighted by Crippen LogP contribution is 2.02. The van der Waals surface area contributed by atoms with Crippen molar-refractivity contribution in [2.75, 3.05) is 6.54 Å². The summed E-state index contributed by atoms with van der Waals surface area (Å²) < 4.78 is 0. The molecular formula is C12H19N3O. The van der Waals surface area contributed by atoms with E-state index in [9.17, 15) is 4.79 Å². The van der Waals surface area contributed by atoms with E-state index in [2.05, 4.69) is 10.3 Å². The molecule has 0 aliphatic heterocycles. The molecular weight excluding hydrogens is 202 g/mol. The maximum atomic E-state index is 11.6. The number of carbonyl (C=O) groups excluding carboxylic acids is 1. The molecule has 1 rings (SSSR count). The Morgan fingerprint density at radius 3 is 2.81 bits per heavy atom. The molecule has 1 amide bonds. The topological polar surface area (TPSA) is 68.0 Å². The normalized spacial score (nSPS) is 12.2. The minimum Gasteiger partial charge on any atom is -0.352 e. The number of nitrogens with two attached hydrogens (primary N) is 1. The molecule has 0 fully saturated rings. The molecule has 0 aliphatic rings. The van der Waals surface area contributed by atoms with Crippen LogP contribution in [0.1, 0.15) is 24.6 Å². The lowest BCUT2D eigenvalue weighted by Crippen LogP contribution is -2.34. The zero-order chi connectivity index (χ0) is 12.0. The quantitative estimate of drug-likeness (QED) is 0.779. The minimum atomic E-state index is -0.0848. The first-order valence-corrected chi connectivity index (χ1v) is 5.56. The van der Waals surface area contributed by atoms with Gasteiger partial charge < -0.3 is 11.1 Å². The van der Waals surface area contributed by atoms with E-state index in [1.807, 2.05) is 26.0 Å². The number of amides is 1. The third kappa shape index (κ3) is 3.62. The molecule has 3 N–H and O–H groups in total. The zero-order valence-corrected chi connectivity index (χ0v) is 9.86. The van der Waals surface area contributed by atoms with Crippen molar-refractivity contribution in [1.29, 1.82) is 0 Å².